The Labute approximate surface area is 113 Å². The number of carbonyl (C=O) groups is 1. The smallest absolute Gasteiger partial charge is 0.342 e. The van der Waals surface area contributed by atoms with Gasteiger partial charge in [-0.15, -0.1) is 11.6 Å². The van der Waals surface area contributed by atoms with Crippen LogP contribution in [0.2, 0.25) is 0 Å². The van der Waals surface area contributed by atoms with E-state index in [0.717, 1.165) is 19.3 Å². The van der Waals surface area contributed by atoms with Crippen molar-refractivity contribution < 1.29 is 9.53 Å². The lowest BCUT2D eigenvalue weighted by atomic mass is 10.1. The van der Waals surface area contributed by atoms with Gasteiger partial charge in [-0.3, -0.25) is 0 Å². The Morgan fingerprint density at radius 3 is 2.44 bits per heavy atom. The zero-order valence-corrected chi connectivity index (χ0v) is 12.0. The van der Waals surface area contributed by atoms with Gasteiger partial charge in [-0.2, -0.15) is 0 Å². The summed E-state index contributed by atoms with van der Waals surface area (Å²) in [6.07, 6.45) is 5.61. The molecular formula is C11H19Cl3O2. The molecule has 0 N–H and O–H groups in total. The number of carbonyl (C=O) groups excluding carboxylic acids is 1. The quantitative estimate of drug-likeness (QED) is 0.378. The van der Waals surface area contributed by atoms with Gasteiger partial charge in [0.1, 0.15) is 0 Å². The molecule has 5 heteroatoms. The molecule has 0 saturated heterocycles. The molecule has 0 aromatic heterocycles. The van der Waals surface area contributed by atoms with Gasteiger partial charge in [0.15, 0.2) is 0 Å². The normalized spacial score (nSPS) is 13.6. The van der Waals surface area contributed by atoms with Crippen LogP contribution in [0, 0.1) is 0 Å². The molecule has 0 aliphatic carbocycles. The molecule has 1 unspecified atom stereocenters. The molecule has 0 heterocycles. The maximum absolute atomic E-state index is 11.2. The van der Waals surface area contributed by atoms with Crippen LogP contribution in [-0.2, 0) is 9.53 Å². The molecule has 96 valence electrons. The van der Waals surface area contributed by atoms with Crippen molar-refractivity contribution in [2.45, 2.75) is 55.2 Å². The second-order valence-electron chi connectivity index (χ2n) is 3.85. The topological polar surface area (TPSA) is 26.3 Å². The van der Waals surface area contributed by atoms with E-state index in [-0.39, 0.29) is 11.8 Å². The van der Waals surface area contributed by atoms with E-state index in [9.17, 15) is 4.79 Å². The highest BCUT2D eigenvalue weighted by molar-refractivity contribution is 6.57. The third kappa shape index (κ3) is 6.82. The van der Waals surface area contributed by atoms with Gasteiger partial charge in [-0.05, 0) is 6.42 Å². The van der Waals surface area contributed by atoms with Crippen molar-refractivity contribution in [3.63, 3.8) is 0 Å². The Balaban J connectivity index is 3.85. The van der Waals surface area contributed by atoms with Crippen molar-refractivity contribution in [1.29, 1.82) is 0 Å². The first-order valence-corrected chi connectivity index (χ1v) is 6.73. The lowest BCUT2D eigenvalue weighted by molar-refractivity contribution is -0.141. The molecule has 0 spiro atoms. The number of unbranched alkanes of at least 4 members (excludes halogenated alkanes) is 3. The Morgan fingerprint density at radius 1 is 1.31 bits per heavy atom. The largest absolute Gasteiger partial charge is 0.467 e. The Kier molecular flexibility index (Phi) is 8.61. The number of methoxy groups -OCH3 is 1. The van der Waals surface area contributed by atoms with Gasteiger partial charge in [-0.1, -0.05) is 55.8 Å². The molecule has 0 amide bonds. The minimum Gasteiger partial charge on any atom is -0.467 e. The molecule has 0 saturated carbocycles. The van der Waals surface area contributed by atoms with Gasteiger partial charge in [0.2, 0.25) is 4.33 Å². The van der Waals surface area contributed by atoms with Crippen molar-refractivity contribution in [2.75, 3.05) is 7.11 Å². The zero-order chi connectivity index (χ0) is 12.6. The van der Waals surface area contributed by atoms with Crippen LogP contribution in [0.25, 0.3) is 0 Å². The van der Waals surface area contributed by atoms with E-state index in [1.807, 2.05) is 0 Å². The molecular weight excluding hydrogens is 270 g/mol. The summed E-state index contributed by atoms with van der Waals surface area (Å²) in [7, 11) is 1.26. The summed E-state index contributed by atoms with van der Waals surface area (Å²) in [5, 5.41) is -0.189. The van der Waals surface area contributed by atoms with E-state index in [2.05, 4.69) is 11.7 Å². The average Bonchev–Trinajstić information content (AvgIpc) is 2.22. The van der Waals surface area contributed by atoms with E-state index < -0.39 is 10.3 Å². The summed E-state index contributed by atoms with van der Waals surface area (Å²) in [5.41, 5.74) is 0. The minimum atomic E-state index is -1.52. The fraction of sp³-hybridized carbons (Fsp3) is 0.909. The van der Waals surface area contributed by atoms with E-state index in [4.69, 9.17) is 34.8 Å². The lowest BCUT2D eigenvalue weighted by Crippen LogP contribution is -2.30. The number of rotatable bonds is 8. The van der Waals surface area contributed by atoms with Crippen LogP contribution in [0.15, 0.2) is 0 Å². The van der Waals surface area contributed by atoms with Crippen molar-refractivity contribution in [2.24, 2.45) is 0 Å². The summed E-state index contributed by atoms with van der Waals surface area (Å²) in [4.78, 5) is 11.2. The van der Waals surface area contributed by atoms with Crippen LogP contribution >= 0.6 is 34.8 Å². The molecule has 0 aromatic rings. The highest BCUT2D eigenvalue weighted by Crippen LogP contribution is 2.31. The molecule has 0 aliphatic rings. The second kappa shape index (κ2) is 8.43. The number of ether oxygens (including phenoxy) is 1. The van der Waals surface area contributed by atoms with Crippen molar-refractivity contribution in [1.82, 2.24) is 0 Å². The molecule has 0 fully saturated rings. The lowest BCUT2D eigenvalue weighted by Gasteiger charge is -2.19. The molecule has 2 nitrogen and oxygen atoms in total. The molecule has 16 heavy (non-hydrogen) atoms. The average molecular weight is 290 g/mol. The van der Waals surface area contributed by atoms with Gasteiger partial charge in [0.05, 0.1) is 7.11 Å². The summed E-state index contributed by atoms with van der Waals surface area (Å²) in [5.74, 6) is -0.643. The Morgan fingerprint density at radius 2 is 1.94 bits per heavy atom. The summed E-state index contributed by atoms with van der Waals surface area (Å²) in [6.45, 7) is 2.15. The van der Waals surface area contributed by atoms with Crippen molar-refractivity contribution in [3.8, 4) is 0 Å². The maximum atomic E-state index is 11.2. The van der Waals surface area contributed by atoms with E-state index in [1.54, 1.807) is 0 Å². The highest BCUT2D eigenvalue weighted by atomic mass is 35.5. The van der Waals surface area contributed by atoms with E-state index >= 15 is 0 Å². The second-order valence-corrected chi connectivity index (χ2v) is 5.95. The van der Waals surface area contributed by atoms with E-state index in [0.29, 0.717) is 0 Å². The van der Waals surface area contributed by atoms with E-state index in [1.165, 1.54) is 20.0 Å². The third-order valence-electron chi connectivity index (χ3n) is 2.33. The summed E-state index contributed by atoms with van der Waals surface area (Å²) in [6, 6.07) is 0. The first-order valence-electron chi connectivity index (χ1n) is 5.54. The fourth-order valence-corrected chi connectivity index (χ4v) is 2.48. The van der Waals surface area contributed by atoms with Crippen LogP contribution in [0.1, 0.15) is 45.4 Å². The SMILES string of the molecule is CCCCCCC(Cl)CC(Cl)(Cl)C(=O)OC. The Hall–Kier alpha value is 0.340. The summed E-state index contributed by atoms with van der Waals surface area (Å²) >= 11 is 17.7. The number of esters is 1. The molecule has 0 rings (SSSR count). The standard InChI is InChI=1S/C11H19Cl3O2/c1-3-4-5-6-7-9(12)8-11(13,14)10(15)16-2/h9H,3-8H2,1-2H3. The van der Waals surface area contributed by atoms with Gasteiger partial charge in [0.25, 0.3) is 0 Å². The maximum Gasteiger partial charge on any atom is 0.342 e. The number of hydrogen-bond donors (Lipinski definition) is 0. The first-order chi connectivity index (χ1) is 7.44. The van der Waals surface area contributed by atoms with Gasteiger partial charge < -0.3 is 4.74 Å². The third-order valence-corrected chi connectivity index (χ3v) is 3.32. The van der Waals surface area contributed by atoms with Crippen LogP contribution in [-0.4, -0.2) is 22.8 Å². The zero-order valence-electron chi connectivity index (χ0n) is 9.77. The molecule has 0 aliphatic heterocycles. The van der Waals surface area contributed by atoms with Crippen LogP contribution < -0.4 is 0 Å². The molecule has 0 bridgehead atoms. The number of halogens is 3. The first kappa shape index (κ1) is 16.3. The number of hydrogen-bond acceptors (Lipinski definition) is 2. The molecule has 1 atom stereocenters. The summed E-state index contributed by atoms with van der Waals surface area (Å²) < 4.78 is 2.98. The van der Waals surface area contributed by atoms with Crippen molar-refractivity contribution >= 4 is 40.8 Å². The molecule has 0 aromatic carbocycles. The predicted molar refractivity (Wildman–Crippen MR) is 69.5 cm³/mol. The van der Waals surface area contributed by atoms with Crippen molar-refractivity contribution in [3.05, 3.63) is 0 Å². The monoisotopic (exact) mass is 288 g/mol. The highest BCUT2D eigenvalue weighted by Gasteiger charge is 2.36. The van der Waals surface area contributed by atoms with Crippen LogP contribution in [0.5, 0.6) is 0 Å². The fourth-order valence-electron chi connectivity index (χ4n) is 1.41. The number of alkyl halides is 3. The van der Waals surface area contributed by atoms with Gasteiger partial charge >= 0.3 is 5.97 Å². The Bertz CT molecular complexity index is 207. The molecule has 0 radical (unpaired) electrons. The predicted octanol–water partition coefficient (Wildman–Crippen LogP) is 4.30. The van der Waals surface area contributed by atoms with Gasteiger partial charge in [0, 0.05) is 11.8 Å². The minimum absolute atomic E-state index is 0.189. The van der Waals surface area contributed by atoms with Crippen LogP contribution in [0.3, 0.4) is 0 Å². The van der Waals surface area contributed by atoms with Gasteiger partial charge in [-0.25, -0.2) is 4.79 Å². The van der Waals surface area contributed by atoms with Crippen LogP contribution in [0.4, 0.5) is 0 Å².